The van der Waals surface area contributed by atoms with Gasteiger partial charge in [-0.25, -0.2) is 0 Å². The lowest BCUT2D eigenvalue weighted by Gasteiger charge is -2.26. The van der Waals surface area contributed by atoms with Crippen LogP contribution in [-0.2, 0) is 4.74 Å². The average molecular weight is 442 g/mol. The van der Waals surface area contributed by atoms with E-state index < -0.39 is 0 Å². The summed E-state index contributed by atoms with van der Waals surface area (Å²) in [4.78, 5) is 14.9. The molecule has 0 saturated carbocycles. The van der Waals surface area contributed by atoms with E-state index in [1.165, 1.54) is 6.07 Å². The van der Waals surface area contributed by atoms with Crippen molar-refractivity contribution >= 4 is 17.5 Å². The molecule has 0 fully saturated rings. The number of carbonyl (C=O) groups is 1. The molecular weight excluding hydrogens is 418 g/mol. The SMILES string of the molecule is CCCOc1ccc(C2c3c(-c4cc(Cl)ccc4O)n[nH]c3C(=O)N2CCOC)cc1. The topological polar surface area (TPSA) is 87.7 Å². The summed E-state index contributed by atoms with van der Waals surface area (Å²) < 4.78 is 10.9. The number of aromatic hydroxyl groups is 1. The van der Waals surface area contributed by atoms with Gasteiger partial charge in [0, 0.05) is 29.8 Å². The molecule has 1 aliphatic heterocycles. The van der Waals surface area contributed by atoms with Gasteiger partial charge in [0.2, 0.25) is 0 Å². The number of ether oxygens (including phenoxy) is 2. The summed E-state index contributed by atoms with van der Waals surface area (Å²) in [5, 5.41) is 18.1. The van der Waals surface area contributed by atoms with Crippen LogP contribution >= 0.6 is 11.6 Å². The van der Waals surface area contributed by atoms with Gasteiger partial charge >= 0.3 is 0 Å². The van der Waals surface area contributed by atoms with Crippen LogP contribution in [0.4, 0.5) is 0 Å². The lowest BCUT2D eigenvalue weighted by atomic mass is 9.95. The van der Waals surface area contributed by atoms with E-state index in [4.69, 9.17) is 21.1 Å². The van der Waals surface area contributed by atoms with E-state index in [1.807, 2.05) is 24.3 Å². The first kappa shape index (κ1) is 21.2. The molecule has 4 rings (SSSR count). The molecular formula is C23H24ClN3O4. The van der Waals surface area contributed by atoms with Gasteiger partial charge in [-0.05, 0) is 42.3 Å². The van der Waals surface area contributed by atoms with Crippen LogP contribution in [0.3, 0.4) is 0 Å². The number of fused-ring (bicyclic) bond motifs is 1. The van der Waals surface area contributed by atoms with Crippen molar-refractivity contribution in [2.24, 2.45) is 0 Å². The van der Waals surface area contributed by atoms with Gasteiger partial charge in [0.1, 0.15) is 22.9 Å². The minimum Gasteiger partial charge on any atom is -0.507 e. The molecule has 0 radical (unpaired) electrons. The van der Waals surface area contributed by atoms with Crippen molar-refractivity contribution < 1.29 is 19.4 Å². The Bertz CT molecular complexity index is 1080. The number of benzene rings is 2. The van der Waals surface area contributed by atoms with Gasteiger partial charge in [0.15, 0.2) is 0 Å². The van der Waals surface area contributed by atoms with Crippen molar-refractivity contribution in [2.75, 3.05) is 26.9 Å². The molecule has 1 aliphatic rings. The highest BCUT2D eigenvalue weighted by Crippen LogP contribution is 2.45. The van der Waals surface area contributed by atoms with E-state index in [1.54, 1.807) is 24.1 Å². The summed E-state index contributed by atoms with van der Waals surface area (Å²) in [5.74, 6) is 0.658. The van der Waals surface area contributed by atoms with E-state index in [0.717, 1.165) is 17.7 Å². The Balaban J connectivity index is 1.80. The average Bonchev–Trinajstić information content (AvgIpc) is 3.32. The highest BCUT2D eigenvalue weighted by atomic mass is 35.5. The molecule has 162 valence electrons. The maximum absolute atomic E-state index is 13.2. The molecule has 3 aromatic rings. The minimum atomic E-state index is -0.384. The first-order valence-corrected chi connectivity index (χ1v) is 10.5. The lowest BCUT2D eigenvalue weighted by Crippen LogP contribution is -2.32. The number of H-pyrrole nitrogens is 1. The minimum absolute atomic E-state index is 0.0450. The van der Waals surface area contributed by atoms with Gasteiger partial charge in [-0.2, -0.15) is 5.10 Å². The summed E-state index contributed by atoms with van der Waals surface area (Å²) in [6.45, 7) is 3.51. The van der Waals surface area contributed by atoms with Gasteiger partial charge in [-0.3, -0.25) is 9.89 Å². The van der Waals surface area contributed by atoms with Gasteiger partial charge in [0.05, 0.1) is 19.3 Å². The fraction of sp³-hybridized carbons (Fsp3) is 0.304. The third kappa shape index (κ3) is 3.98. The number of aromatic amines is 1. The first-order valence-electron chi connectivity index (χ1n) is 10.1. The van der Waals surface area contributed by atoms with Crippen LogP contribution in [0, 0.1) is 0 Å². The Hall–Kier alpha value is -3.03. The number of carbonyl (C=O) groups excluding carboxylic acids is 1. The van der Waals surface area contributed by atoms with E-state index in [2.05, 4.69) is 17.1 Å². The Labute approximate surface area is 185 Å². The molecule has 2 aromatic carbocycles. The molecule has 31 heavy (non-hydrogen) atoms. The van der Waals surface area contributed by atoms with Gasteiger partial charge in [-0.1, -0.05) is 30.7 Å². The van der Waals surface area contributed by atoms with Crippen molar-refractivity contribution in [2.45, 2.75) is 19.4 Å². The van der Waals surface area contributed by atoms with E-state index in [-0.39, 0.29) is 17.7 Å². The molecule has 1 aromatic heterocycles. The third-order valence-corrected chi connectivity index (χ3v) is 5.52. The van der Waals surface area contributed by atoms with Gasteiger partial charge < -0.3 is 19.5 Å². The Morgan fingerprint density at radius 3 is 2.68 bits per heavy atom. The van der Waals surface area contributed by atoms with Crippen LogP contribution in [-0.4, -0.2) is 53.0 Å². The second-order valence-corrected chi connectivity index (χ2v) is 7.77. The van der Waals surface area contributed by atoms with Gasteiger partial charge in [-0.15, -0.1) is 0 Å². The fourth-order valence-electron chi connectivity index (χ4n) is 3.83. The normalized spacial score (nSPS) is 15.4. The number of nitrogens with zero attached hydrogens (tertiary/aromatic N) is 2. The highest BCUT2D eigenvalue weighted by molar-refractivity contribution is 6.31. The Morgan fingerprint density at radius 2 is 1.97 bits per heavy atom. The standard InChI is InChI=1S/C23H24ClN3O4/c1-3-11-31-16-7-4-14(5-8-16)22-19-20(17-13-15(24)6-9-18(17)28)25-26-21(19)23(29)27(22)10-12-30-2/h4-9,13,22,28H,3,10-12H2,1-2H3,(H,25,26). The Kier molecular flexibility index (Phi) is 6.15. The number of halogens is 1. The van der Waals surface area contributed by atoms with Crippen molar-refractivity contribution in [3.05, 3.63) is 64.3 Å². The smallest absolute Gasteiger partial charge is 0.273 e. The number of hydrogen-bond donors (Lipinski definition) is 2. The molecule has 1 unspecified atom stereocenters. The lowest BCUT2D eigenvalue weighted by molar-refractivity contribution is 0.0677. The maximum atomic E-state index is 13.2. The molecule has 1 atom stereocenters. The zero-order valence-corrected chi connectivity index (χ0v) is 18.1. The molecule has 0 aliphatic carbocycles. The number of phenols is 1. The molecule has 7 nitrogen and oxygen atoms in total. The van der Waals surface area contributed by atoms with E-state index >= 15 is 0 Å². The van der Waals surface area contributed by atoms with Crippen molar-refractivity contribution in [1.29, 1.82) is 0 Å². The van der Waals surface area contributed by atoms with Crippen LogP contribution in [0.25, 0.3) is 11.3 Å². The van der Waals surface area contributed by atoms with Crippen molar-refractivity contribution in [1.82, 2.24) is 15.1 Å². The maximum Gasteiger partial charge on any atom is 0.273 e. The zero-order valence-electron chi connectivity index (χ0n) is 17.4. The highest BCUT2D eigenvalue weighted by Gasteiger charge is 2.42. The monoisotopic (exact) mass is 441 g/mol. The second-order valence-electron chi connectivity index (χ2n) is 7.33. The number of rotatable bonds is 8. The summed E-state index contributed by atoms with van der Waals surface area (Å²) in [5.41, 5.74) is 3.00. The van der Waals surface area contributed by atoms with Crippen LogP contribution in [0.2, 0.25) is 5.02 Å². The summed E-state index contributed by atoms with van der Waals surface area (Å²) in [6, 6.07) is 12.1. The number of nitrogens with one attached hydrogen (secondary N) is 1. The molecule has 0 bridgehead atoms. The largest absolute Gasteiger partial charge is 0.507 e. The number of methoxy groups -OCH3 is 1. The molecule has 2 heterocycles. The molecule has 2 N–H and O–H groups in total. The molecule has 8 heteroatoms. The van der Waals surface area contributed by atoms with Gasteiger partial charge in [0.25, 0.3) is 5.91 Å². The predicted molar refractivity (Wildman–Crippen MR) is 118 cm³/mol. The molecule has 1 amide bonds. The number of aromatic nitrogens is 2. The van der Waals surface area contributed by atoms with Crippen molar-refractivity contribution in [3.8, 4) is 22.8 Å². The third-order valence-electron chi connectivity index (χ3n) is 5.28. The van der Waals surface area contributed by atoms with E-state index in [0.29, 0.717) is 47.3 Å². The zero-order chi connectivity index (χ0) is 22.0. The van der Waals surface area contributed by atoms with Crippen LogP contribution < -0.4 is 4.74 Å². The number of amides is 1. The van der Waals surface area contributed by atoms with Crippen LogP contribution in [0.5, 0.6) is 11.5 Å². The van der Waals surface area contributed by atoms with E-state index in [9.17, 15) is 9.90 Å². The Morgan fingerprint density at radius 1 is 1.19 bits per heavy atom. The number of phenolic OH excluding ortho intramolecular Hbond substituents is 1. The molecule has 0 saturated heterocycles. The quantitative estimate of drug-likeness (QED) is 0.540. The first-order chi connectivity index (χ1) is 15.0. The molecule has 0 spiro atoms. The second kappa shape index (κ2) is 8.99. The summed E-state index contributed by atoms with van der Waals surface area (Å²) >= 11 is 6.17. The summed E-state index contributed by atoms with van der Waals surface area (Å²) in [6.07, 6.45) is 0.925. The summed E-state index contributed by atoms with van der Waals surface area (Å²) in [7, 11) is 1.60. The van der Waals surface area contributed by atoms with Crippen LogP contribution in [0.15, 0.2) is 42.5 Å². The number of hydrogen-bond acceptors (Lipinski definition) is 5. The van der Waals surface area contributed by atoms with Crippen LogP contribution in [0.1, 0.15) is 41.0 Å². The van der Waals surface area contributed by atoms with Crippen molar-refractivity contribution in [3.63, 3.8) is 0 Å². The fourth-order valence-corrected chi connectivity index (χ4v) is 4.01. The predicted octanol–water partition coefficient (Wildman–Crippen LogP) is 4.42.